The molecule has 2 aromatic rings. The van der Waals surface area contributed by atoms with Crippen LogP contribution in [0.1, 0.15) is 0 Å². The van der Waals surface area contributed by atoms with Gasteiger partial charge < -0.3 is 4.90 Å². The van der Waals surface area contributed by atoms with E-state index in [1.54, 1.807) is 0 Å². The number of thioether (sulfide) groups is 1. The largest absolute Gasteiger partial charge is 0.338 e. The van der Waals surface area contributed by atoms with E-state index in [1.165, 1.54) is 26.9 Å². The first-order valence-corrected chi connectivity index (χ1v) is 8.03. The molecule has 90 valence electrons. The number of rotatable bonds is 2. The second kappa shape index (κ2) is 4.25. The standard InChI is InChI=1S/C15H13NS2/c1-3-7-14-12(5-1)16(9-11-10-17-11)13-6-2-4-8-15(13)18-14/h1-8,11H,9-10H2. The third-order valence-electron chi connectivity index (χ3n) is 3.32. The van der Waals surface area contributed by atoms with Crippen molar-refractivity contribution in [1.82, 2.24) is 0 Å². The summed E-state index contributed by atoms with van der Waals surface area (Å²) in [4.78, 5) is 5.25. The van der Waals surface area contributed by atoms with Crippen LogP contribution in [0.5, 0.6) is 0 Å². The molecule has 1 nitrogen and oxygen atoms in total. The van der Waals surface area contributed by atoms with E-state index >= 15 is 0 Å². The number of para-hydroxylation sites is 2. The van der Waals surface area contributed by atoms with Crippen LogP contribution in [0.2, 0.25) is 0 Å². The Bertz CT molecular complexity index is 547. The maximum absolute atomic E-state index is 2.49. The fraction of sp³-hybridized carbons (Fsp3) is 0.200. The molecule has 0 amide bonds. The van der Waals surface area contributed by atoms with Crippen molar-refractivity contribution in [3.05, 3.63) is 48.5 Å². The van der Waals surface area contributed by atoms with Gasteiger partial charge in [0.25, 0.3) is 0 Å². The van der Waals surface area contributed by atoms with Crippen LogP contribution in [0.4, 0.5) is 11.4 Å². The summed E-state index contributed by atoms with van der Waals surface area (Å²) in [5.41, 5.74) is 2.74. The van der Waals surface area contributed by atoms with Crippen LogP contribution < -0.4 is 4.90 Å². The van der Waals surface area contributed by atoms with Crippen LogP contribution in [0.3, 0.4) is 0 Å². The number of anilines is 2. The van der Waals surface area contributed by atoms with Gasteiger partial charge in [0.2, 0.25) is 0 Å². The molecule has 0 aromatic heterocycles. The Balaban J connectivity index is 1.83. The highest BCUT2D eigenvalue weighted by molar-refractivity contribution is 8.06. The molecule has 0 bridgehead atoms. The van der Waals surface area contributed by atoms with Crippen LogP contribution in [0, 0.1) is 0 Å². The van der Waals surface area contributed by atoms with E-state index in [9.17, 15) is 0 Å². The molecular weight excluding hydrogens is 258 g/mol. The smallest absolute Gasteiger partial charge is 0.0553 e. The van der Waals surface area contributed by atoms with Crippen molar-refractivity contribution < 1.29 is 0 Å². The summed E-state index contributed by atoms with van der Waals surface area (Å²) >= 11 is 3.95. The lowest BCUT2D eigenvalue weighted by Crippen LogP contribution is -2.24. The van der Waals surface area contributed by atoms with Crippen LogP contribution in [-0.2, 0) is 0 Å². The van der Waals surface area contributed by atoms with Gasteiger partial charge in [0.15, 0.2) is 0 Å². The maximum Gasteiger partial charge on any atom is 0.0553 e. The lowest BCUT2D eigenvalue weighted by molar-refractivity contribution is 0.927. The average molecular weight is 271 g/mol. The highest BCUT2D eigenvalue weighted by Gasteiger charge is 2.30. The Hall–Kier alpha value is -1.06. The molecule has 2 aliphatic heterocycles. The second-order valence-electron chi connectivity index (χ2n) is 4.60. The van der Waals surface area contributed by atoms with Crippen LogP contribution >= 0.6 is 23.5 Å². The highest BCUT2D eigenvalue weighted by atomic mass is 32.2. The molecule has 0 saturated carbocycles. The molecule has 1 saturated heterocycles. The highest BCUT2D eigenvalue weighted by Crippen LogP contribution is 2.49. The average Bonchev–Trinajstić information content (AvgIpc) is 3.22. The van der Waals surface area contributed by atoms with Crippen molar-refractivity contribution >= 4 is 34.9 Å². The summed E-state index contributed by atoms with van der Waals surface area (Å²) < 4.78 is 0. The minimum absolute atomic E-state index is 0.814. The summed E-state index contributed by atoms with van der Waals surface area (Å²) in [6.45, 7) is 1.14. The van der Waals surface area contributed by atoms with Gasteiger partial charge in [0.05, 0.1) is 11.4 Å². The minimum Gasteiger partial charge on any atom is -0.338 e. The molecule has 1 fully saturated rings. The van der Waals surface area contributed by atoms with Gasteiger partial charge >= 0.3 is 0 Å². The summed E-state index contributed by atoms with van der Waals surface area (Å²) in [6, 6.07) is 17.5. The van der Waals surface area contributed by atoms with Crippen molar-refractivity contribution in [1.29, 1.82) is 0 Å². The number of fused-ring (bicyclic) bond motifs is 2. The molecule has 4 rings (SSSR count). The molecule has 2 aromatic carbocycles. The van der Waals surface area contributed by atoms with E-state index in [0.717, 1.165) is 11.8 Å². The van der Waals surface area contributed by atoms with Gasteiger partial charge in [-0.3, -0.25) is 0 Å². The molecule has 18 heavy (non-hydrogen) atoms. The van der Waals surface area contributed by atoms with Crippen molar-refractivity contribution in [3.8, 4) is 0 Å². The molecule has 1 unspecified atom stereocenters. The van der Waals surface area contributed by atoms with Gasteiger partial charge in [-0.2, -0.15) is 11.8 Å². The number of hydrogen-bond acceptors (Lipinski definition) is 3. The second-order valence-corrected chi connectivity index (χ2v) is 7.02. The normalized spacial score (nSPS) is 20.2. The van der Waals surface area contributed by atoms with Gasteiger partial charge in [-0.15, -0.1) is 0 Å². The van der Waals surface area contributed by atoms with Crippen molar-refractivity contribution in [2.45, 2.75) is 15.0 Å². The molecular formula is C15H13NS2. The van der Waals surface area contributed by atoms with E-state index in [-0.39, 0.29) is 0 Å². The summed E-state index contributed by atoms with van der Waals surface area (Å²) in [5.74, 6) is 1.31. The zero-order chi connectivity index (χ0) is 11.9. The van der Waals surface area contributed by atoms with Gasteiger partial charge in [-0.05, 0) is 24.3 Å². The third kappa shape index (κ3) is 1.82. The maximum atomic E-state index is 2.49. The monoisotopic (exact) mass is 271 g/mol. The number of hydrogen-bond donors (Lipinski definition) is 0. The third-order valence-corrected chi connectivity index (χ3v) is 5.40. The van der Waals surface area contributed by atoms with Crippen molar-refractivity contribution in [2.24, 2.45) is 0 Å². The van der Waals surface area contributed by atoms with Crippen LogP contribution in [0.25, 0.3) is 0 Å². The SMILES string of the molecule is c1ccc2c(c1)Sc1ccccc1N2CC1CS1. The van der Waals surface area contributed by atoms with E-state index in [4.69, 9.17) is 0 Å². The molecule has 0 N–H and O–H groups in total. The van der Waals surface area contributed by atoms with Gasteiger partial charge in [-0.1, -0.05) is 36.0 Å². The van der Waals surface area contributed by atoms with E-state index in [0.29, 0.717) is 0 Å². The molecule has 0 radical (unpaired) electrons. The lowest BCUT2D eigenvalue weighted by Gasteiger charge is -2.32. The Morgan fingerprint density at radius 1 is 0.944 bits per heavy atom. The van der Waals surface area contributed by atoms with Crippen molar-refractivity contribution in [3.63, 3.8) is 0 Å². The predicted molar refractivity (Wildman–Crippen MR) is 80.3 cm³/mol. The van der Waals surface area contributed by atoms with Crippen molar-refractivity contribution in [2.75, 3.05) is 17.2 Å². The van der Waals surface area contributed by atoms with Gasteiger partial charge in [0, 0.05) is 27.3 Å². The summed E-state index contributed by atoms with van der Waals surface area (Å²) in [5, 5.41) is 0.814. The molecule has 1 atom stereocenters. The number of nitrogens with zero attached hydrogens (tertiary/aromatic N) is 1. The van der Waals surface area contributed by atoms with Gasteiger partial charge in [0.1, 0.15) is 0 Å². The first-order chi connectivity index (χ1) is 8.92. The quantitative estimate of drug-likeness (QED) is 0.745. The Labute approximate surface area is 116 Å². The van der Waals surface area contributed by atoms with E-state index in [1.807, 2.05) is 11.8 Å². The van der Waals surface area contributed by atoms with Crippen LogP contribution in [0.15, 0.2) is 58.3 Å². The summed E-state index contributed by atoms with van der Waals surface area (Å²) in [6.07, 6.45) is 0. The molecule has 3 heteroatoms. The zero-order valence-electron chi connectivity index (χ0n) is 9.87. The lowest BCUT2D eigenvalue weighted by atomic mass is 10.2. The fourth-order valence-electron chi connectivity index (χ4n) is 2.35. The first-order valence-electron chi connectivity index (χ1n) is 6.17. The van der Waals surface area contributed by atoms with E-state index in [2.05, 4.69) is 65.2 Å². The Morgan fingerprint density at radius 2 is 1.50 bits per heavy atom. The van der Waals surface area contributed by atoms with Crippen LogP contribution in [-0.4, -0.2) is 17.5 Å². The molecule has 0 spiro atoms. The van der Waals surface area contributed by atoms with E-state index < -0.39 is 0 Å². The molecule has 0 aliphatic carbocycles. The minimum atomic E-state index is 0.814. The first kappa shape index (κ1) is 10.8. The van der Waals surface area contributed by atoms with Gasteiger partial charge in [-0.25, -0.2) is 0 Å². The predicted octanol–water partition coefficient (Wildman–Crippen LogP) is 4.40. The Morgan fingerprint density at radius 3 is 2.06 bits per heavy atom. The number of benzene rings is 2. The molecule has 2 heterocycles. The fourth-order valence-corrected chi connectivity index (χ4v) is 3.95. The molecule has 2 aliphatic rings. The Kier molecular flexibility index (Phi) is 2.55. The topological polar surface area (TPSA) is 3.24 Å². The summed E-state index contributed by atoms with van der Waals surface area (Å²) in [7, 11) is 0. The zero-order valence-corrected chi connectivity index (χ0v) is 11.5.